The fraction of sp³-hybridized carbons (Fsp3) is 0.318. The third-order valence-corrected chi connectivity index (χ3v) is 4.79. The van der Waals surface area contributed by atoms with Crippen LogP contribution in [-0.2, 0) is 18.4 Å². The molecule has 0 radical (unpaired) electrons. The van der Waals surface area contributed by atoms with Crippen LogP contribution in [-0.4, -0.2) is 21.8 Å². The van der Waals surface area contributed by atoms with Gasteiger partial charge in [0.1, 0.15) is 22.8 Å². The van der Waals surface area contributed by atoms with Gasteiger partial charge in [0, 0.05) is 17.7 Å². The van der Waals surface area contributed by atoms with Gasteiger partial charge in [-0.1, -0.05) is 31.2 Å². The van der Waals surface area contributed by atoms with Gasteiger partial charge in [-0.15, -0.1) is 0 Å². The van der Waals surface area contributed by atoms with Crippen LogP contribution in [0.3, 0.4) is 0 Å². The van der Waals surface area contributed by atoms with E-state index in [0.717, 1.165) is 17.7 Å². The standard InChI is InChI=1S/C22H22F3NO3/c1-4-16-14(11-12-5-7-13(8-6-12)22(2,3)28)20(29-21(24)25)18-17(27)10-9-15(23)19(18)26-16/h5-10,21,27-28H,4,11H2,1-3H3. The summed E-state index contributed by atoms with van der Waals surface area (Å²) < 4.78 is 45.4. The number of fused-ring (bicyclic) bond motifs is 1. The summed E-state index contributed by atoms with van der Waals surface area (Å²) in [6.45, 7) is 1.96. The van der Waals surface area contributed by atoms with Crippen LogP contribution in [0.5, 0.6) is 11.5 Å². The number of aryl methyl sites for hydroxylation is 1. The molecule has 0 saturated heterocycles. The van der Waals surface area contributed by atoms with Crippen molar-refractivity contribution in [3.8, 4) is 11.5 Å². The number of benzene rings is 2. The summed E-state index contributed by atoms with van der Waals surface area (Å²) >= 11 is 0. The van der Waals surface area contributed by atoms with E-state index in [1.165, 1.54) is 0 Å². The average Bonchev–Trinajstić information content (AvgIpc) is 2.65. The molecule has 29 heavy (non-hydrogen) atoms. The van der Waals surface area contributed by atoms with E-state index >= 15 is 0 Å². The first kappa shape index (κ1) is 20.9. The van der Waals surface area contributed by atoms with Crippen LogP contribution in [0.4, 0.5) is 13.2 Å². The Morgan fingerprint density at radius 1 is 1.10 bits per heavy atom. The second-order valence-electron chi connectivity index (χ2n) is 7.32. The lowest BCUT2D eigenvalue weighted by atomic mass is 9.94. The van der Waals surface area contributed by atoms with Crippen molar-refractivity contribution in [2.75, 3.05) is 0 Å². The molecule has 1 aromatic heterocycles. The van der Waals surface area contributed by atoms with Crippen molar-refractivity contribution in [1.82, 2.24) is 4.98 Å². The van der Waals surface area contributed by atoms with Crippen molar-refractivity contribution >= 4 is 10.9 Å². The highest BCUT2D eigenvalue weighted by atomic mass is 19.3. The Morgan fingerprint density at radius 2 is 1.76 bits per heavy atom. The number of aromatic hydroxyl groups is 1. The number of aliphatic hydroxyl groups is 1. The van der Waals surface area contributed by atoms with Crippen molar-refractivity contribution < 1.29 is 28.1 Å². The van der Waals surface area contributed by atoms with E-state index in [2.05, 4.69) is 4.98 Å². The summed E-state index contributed by atoms with van der Waals surface area (Å²) in [5, 5.41) is 20.1. The highest BCUT2D eigenvalue weighted by Gasteiger charge is 2.23. The number of phenolic OH excluding ortho intramolecular Hbond substituents is 1. The Hall–Kier alpha value is -2.80. The zero-order valence-electron chi connectivity index (χ0n) is 16.3. The molecule has 3 rings (SSSR count). The second kappa shape index (κ2) is 7.91. The van der Waals surface area contributed by atoms with Gasteiger partial charge < -0.3 is 14.9 Å². The molecule has 0 saturated carbocycles. The van der Waals surface area contributed by atoms with Gasteiger partial charge in [-0.3, -0.25) is 0 Å². The summed E-state index contributed by atoms with van der Waals surface area (Å²) in [7, 11) is 0. The number of halogens is 3. The zero-order chi connectivity index (χ0) is 21.3. The molecule has 0 atom stereocenters. The third kappa shape index (κ3) is 4.29. The lowest BCUT2D eigenvalue weighted by Crippen LogP contribution is -2.15. The lowest BCUT2D eigenvalue weighted by Gasteiger charge is -2.19. The predicted octanol–water partition coefficient (Wildman–Crippen LogP) is 5.06. The summed E-state index contributed by atoms with van der Waals surface area (Å²) in [4.78, 5) is 4.28. The molecule has 0 fully saturated rings. The maximum Gasteiger partial charge on any atom is 0.387 e. The van der Waals surface area contributed by atoms with E-state index in [9.17, 15) is 23.4 Å². The number of alkyl halides is 2. The molecule has 2 aromatic carbocycles. The van der Waals surface area contributed by atoms with Crippen LogP contribution >= 0.6 is 0 Å². The Morgan fingerprint density at radius 3 is 2.31 bits per heavy atom. The molecule has 0 aliphatic heterocycles. The largest absolute Gasteiger partial charge is 0.507 e. The van der Waals surface area contributed by atoms with E-state index in [1.54, 1.807) is 45.0 Å². The molecule has 154 valence electrons. The lowest BCUT2D eigenvalue weighted by molar-refractivity contribution is -0.0494. The van der Waals surface area contributed by atoms with Crippen molar-refractivity contribution in [3.05, 3.63) is 64.6 Å². The monoisotopic (exact) mass is 405 g/mol. The molecule has 0 aliphatic carbocycles. The normalized spacial score (nSPS) is 12.0. The van der Waals surface area contributed by atoms with Gasteiger partial charge in [-0.05, 0) is 43.5 Å². The molecule has 1 heterocycles. The van der Waals surface area contributed by atoms with E-state index in [0.29, 0.717) is 23.2 Å². The van der Waals surface area contributed by atoms with Crippen LogP contribution in [0.15, 0.2) is 36.4 Å². The second-order valence-corrected chi connectivity index (χ2v) is 7.32. The van der Waals surface area contributed by atoms with E-state index in [1.807, 2.05) is 0 Å². The SMILES string of the molecule is CCc1nc2c(F)ccc(O)c2c(OC(F)F)c1Cc1ccc(C(C)(C)O)cc1. The Kier molecular flexibility index (Phi) is 5.71. The molecule has 0 amide bonds. The third-order valence-electron chi connectivity index (χ3n) is 4.79. The quantitative estimate of drug-likeness (QED) is 0.602. The Balaban J connectivity index is 2.18. The number of ether oxygens (including phenoxy) is 1. The Labute approximate surface area is 166 Å². The first-order chi connectivity index (χ1) is 13.6. The van der Waals surface area contributed by atoms with Crippen LogP contribution in [0.1, 0.15) is 43.2 Å². The predicted molar refractivity (Wildman–Crippen MR) is 104 cm³/mol. The average molecular weight is 405 g/mol. The highest BCUT2D eigenvalue weighted by molar-refractivity contribution is 5.92. The minimum atomic E-state index is -3.15. The van der Waals surface area contributed by atoms with Gasteiger partial charge in [-0.2, -0.15) is 8.78 Å². The van der Waals surface area contributed by atoms with Crippen LogP contribution < -0.4 is 4.74 Å². The molecule has 0 unspecified atom stereocenters. The summed E-state index contributed by atoms with van der Waals surface area (Å²) in [5.41, 5.74) is 1.02. The molecule has 0 spiro atoms. The van der Waals surface area contributed by atoms with Gasteiger partial charge in [0.2, 0.25) is 0 Å². The van der Waals surface area contributed by atoms with E-state index < -0.39 is 18.0 Å². The van der Waals surface area contributed by atoms with Gasteiger partial charge in [0.05, 0.1) is 11.0 Å². The van der Waals surface area contributed by atoms with E-state index in [4.69, 9.17) is 4.74 Å². The molecular formula is C22H22F3NO3. The zero-order valence-corrected chi connectivity index (χ0v) is 16.3. The topological polar surface area (TPSA) is 62.6 Å². The molecule has 7 heteroatoms. The van der Waals surface area contributed by atoms with Crippen molar-refractivity contribution in [1.29, 1.82) is 0 Å². The molecule has 2 N–H and O–H groups in total. The first-order valence-electron chi connectivity index (χ1n) is 9.21. The fourth-order valence-electron chi connectivity index (χ4n) is 3.30. The van der Waals surface area contributed by atoms with Crippen molar-refractivity contribution in [3.63, 3.8) is 0 Å². The minimum Gasteiger partial charge on any atom is -0.507 e. The number of nitrogens with zero attached hydrogens (tertiary/aromatic N) is 1. The van der Waals surface area contributed by atoms with Crippen LogP contribution in [0.25, 0.3) is 10.9 Å². The highest BCUT2D eigenvalue weighted by Crippen LogP contribution is 2.40. The number of pyridine rings is 1. The summed E-state index contributed by atoms with van der Waals surface area (Å²) in [6, 6.07) is 9.17. The molecule has 0 aliphatic rings. The minimum absolute atomic E-state index is 0.175. The molecule has 3 aromatic rings. The Bertz CT molecular complexity index is 1030. The smallest absolute Gasteiger partial charge is 0.387 e. The molecule has 4 nitrogen and oxygen atoms in total. The maximum absolute atomic E-state index is 14.3. The van der Waals surface area contributed by atoms with E-state index in [-0.39, 0.29) is 28.8 Å². The fourth-order valence-corrected chi connectivity index (χ4v) is 3.30. The number of aromatic nitrogens is 1. The maximum atomic E-state index is 14.3. The van der Waals surface area contributed by atoms with Crippen LogP contribution in [0, 0.1) is 5.82 Å². The molecule has 0 bridgehead atoms. The van der Waals surface area contributed by atoms with Gasteiger partial charge in [0.25, 0.3) is 0 Å². The number of hydrogen-bond donors (Lipinski definition) is 2. The summed E-state index contributed by atoms with van der Waals surface area (Å²) in [5.74, 6) is -1.39. The first-order valence-corrected chi connectivity index (χ1v) is 9.21. The van der Waals surface area contributed by atoms with Gasteiger partial charge >= 0.3 is 6.61 Å². The number of hydrogen-bond acceptors (Lipinski definition) is 4. The number of rotatable bonds is 6. The molecular weight excluding hydrogens is 383 g/mol. The number of phenols is 1. The van der Waals surface area contributed by atoms with Crippen molar-refractivity contribution in [2.45, 2.75) is 45.8 Å². The summed E-state index contributed by atoms with van der Waals surface area (Å²) in [6.07, 6.45) is 0.554. The van der Waals surface area contributed by atoms with Crippen LogP contribution in [0.2, 0.25) is 0 Å². The van der Waals surface area contributed by atoms with Gasteiger partial charge in [-0.25, -0.2) is 9.37 Å². The van der Waals surface area contributed by atoms with Gasteiger partial charge in [0.15, 0.2) is 0 Å². The van der Waals surface area contributed by atoms with Crippen molar-refractivity contribution in [2.24, 2.45) is 0 Å².